The maximum Gasteiger partial charge on any atom is 0.276 e. The van der Waals surface area contributed by atoms with Crippen molar-refractivity contribution in [2.24, 2.45) is 12.2 Å². The molecule has 13 nitrogen and oxygen atoms in total. The van der Waals surface area contributed by atoms with E-state index in [1.54, 1.807) is 16.4 Å². The molecule has 3 aliphatic heterocycles. The summed E-state index contributed by atoms with van der Waals surface area (Å²) in [7, 11) is 1.86. The molecule has 4 aliphatic rings. The second-order valence-electron chi connectivity index (χ2n) is 11.1. The van der Waals surface area contributed by atoms with E-state index in [4.69, 9.17) is 10.6 Å². The molecule has 1 saturated carbocycles. The number of carbonyl (C=O) groups is 4. The third kappa shape index (κ3) is 5.49. The summed E-state index contributed by atoms with van der Waals surface area (Å²) in [4.78, 5) is 64.6. The van der Waals surface area contributed by atoms with Crippen molar-refractivity contribution in [3.05, 3.63) is 58.5 Å². The van der Waals surface area contributed by atoms with Crippen LogP contribution in [0.4, 0.5) is 10.8 Å². The number of nitrogens with two attached hydrogens (primary N) is 1. The second kappa shape index (κ2) is 11.6. The highest BCUT2D eigenvalue weighted by Gasteiger charge is 2.52. The first-order valence-electron chi connectivity index (χ1n) is 14.2. The van der Waals surface area contributed by atoms with Crippen LogP contribution in [0.25, 0.3) is 0 Å². The predicted octanol–water partition coefficient (Wildman–Crippen LogP) is 0.0698. The van der Waals surface area contributed by atoms with Gasteiger partial charge < -0.3 is 35.6 Å². The highest BCUT2D eigenvalue weighted by atomic mass is 32.1. The average molecular weight is 606 g/mol. The fraction of sp³-hybridized carbons (Fsp3) is 0.414. The van der Waals surface area contributed by atoms with Gasteiger partial charge in [-0.1, -0.05) is 5.16 Å². The molecule has 14 heteroatoms. The van der Waals surface area contributed by atoms with Crippen molar-refractivity contribution in [3.8, 4) is 0 Å². The van der Waals surface area contributed by atoms with Crippen LogP contribution in [0.1, 0.15) is 50.6 Å². The summed E-state index contributed by atoms with van der Waals surface area (Å²) in [6.07, 6.45) is 9.98. The predicted molar refractivity (Wildman–Crippen MR) is 153 cm³/mol. The van der Waals surface area contributed by atoms with E-state index in [9.17, 15) is 24.3 Å². The molecule has 1 aliphatic carbocycles. The highest BCUT2D eigenvalue weighted by molar-refractivity contribution is 7.13. The molecule has 0 bridgehead atoms. The zero-order chi connectivity index (χ0) is 30.2. The van der Waals surface area contributed by atoms with E-state index in [0.29, 0.717) is 30.5 Å². The first kappa shape index (κ1) is 28.5. The number of thiazole rings is 1. The monoisotopic (exact) mass is 605 g/mol. The van der Waals surface area contributed by atoms with Gasteiger partial charge in [0.1, 0.15) is 30.6 Å². The Kier molecular flexibility index (Phi) is 7.69. The molecule has 2 atom stereocenters. The zero-order valence-corrected chi connectivity index (χ0v) is 24.3. The number of aryl methyl sites for hydroxylation is 1. The number of carboxylic acids is 1. The molecule has 6 rings (SSSR count). The van der Waals surface area contributed by atoms with Gasteiger partial charge in [0, 0.05) is 23.6 Å². The molecule has 2 saturated heterocycles. The average Bonchev–Trinajstić information content (AvgIpc) is 3.74. The van der Waals surface area contributed by atoms with E-state index in [1.807, 2.05) is 36.1 Å². The van der Waals surface area contributed by atoms with Crippen molar-refractivity contribution in [1.29, 1.82) is 0 Å². The minimum atomic E-state index is -1.52. The van der Waals surface area contributed by atoms with Crippen LogP contribution in [0.3, 0.4) is 0 Å². The Hall–Kier alpha value is -4.59. The number of nitrogens with zero attached hydrogens (tertiary/aromatic N) is 5. The van der Waals surface area contributed by atoms with Gasteiger partial charge in [-0.2, -0.15) is 0 Å². The maximum atomic E-state index is 13.3. The van der Waals surface area contributed by atoms with Crippen molar-refractivity contribution in [1.82, 2.24) is 15.2 Å². The van der Waals surface area contributed by atoms with Gasteiger partial charge in [-0.05, 0) is 62.7 Å². The van der Waals surface area contributed by atoms with Crippen LogP contribution < -0.4 is 25.6 Å². The number of β-lactam (4-membered cyclic amide) rings is 1. The molecule has 2 aromatic heterocycles. The molecular weight excluding hydrogens is 574 g/mol. The number of rotatable bonds is 8. The molecule has 224 valence electrons. The molecule has 0 spiro atoms. The standard InChI is InChI=1S/C29H31N7O6S/c1-34-11-4-5-18(14-34)35-12-10-17(26(35)38)13-16-8-9-21-23(27(39)36(21)24(16)28(40)41)32-25(37)22(20-15-43-29(30)31-20)33-42-19-6-2-3-7-19/h4-5,11,13-15,19,21,23H,2-3,6-10,12H2,1H3,(H3-,30,31,32,37,40,41)/b17-13?,33-22-/t21-,23+/m1/s1. The number of aliphatic carboxylic acids is 1. The Balaban J connectivity index is 1.20. The van der Waals surface area contributed by atoms with Crippen LogP contribution in [0.15, 0.2) is 58.0 Å². The minimum absolute atomic E-state index is 0.0979. The molecule has 3 amide bonds. The molecule has 2 aromatic rings. The van der Waals surface area contributed by atoms with Crippen LogP contribution in [0.5, 0.6) is 0 Å². The normalized spacial score (nSPS) is 23.6. The largest absolute Gasteiger partial charge is 0.543 e. The number of carboxylic acid groups (broad SMARTS) is 1. The number of anilines is 2. The lowest BCUT2D eigenvalue weighted by atomic mass is 9.82. The Bertz CT molecular complexity index is 1590. The lowest BCUT2D eigenvalue weighted by Crippen LogP contribution is -2.72. The SMILES string of the molecule is C[n+]1cccc(N2CCC(=CC3=C(C(=O)[O-])N4C(=O)[C@@H](NC(=O)/C(=N\OC5CCCC5)c5csc(N)n5)[C@H]4CC3)C2=O)c1. The molecule has 0 radical (unpaired) electrons. The Labute approximate surface area is 251 Å². The van der Waals surface area contributed by atoms with E-state index >= 15 is 0 Å². The van der Waals surface area contributed by atoms with Gasteiger partial charge in [0.05, 0.1) is 17.7 Å². The number of hydrogen-bond donors (Lipinski definition) is 2. The van der Waals surface area contributed by atoms with Crippen molar-refractivity contribution >= 4 is 51.6 Å². The molecular formula is C29H31N7O6S. The van der Waals surface area contributed by atoms with Crippen molar-refractivity contribution in [2.75, 3.05) is 17.2 Å². The van der Waals surface area contributed by atoms with Gasteiger partial charge in [-0.25, -0.2) is 9.55 Å². The Morgan fingerprint density at radius 2 is 2.05 bits per heavy atom. The number of fused-ring (bicyclic) bond motifs is 1. The maximum absolute atomic E-state index is 13.3. The number of carbonyl (C=O) groups excluding carboxylic acids is 4. The Morgan fingerprint density at radius 1 is 1.26 bits per heavy atom. The van der Waals surface area contributed by atoms with Crippen LogP contribution in [-0.4, -0.2) is 64.0 Å². The van der Waals surface area contributed by atoms with Gasteiger partial charge in [-0.3, -0.25) is 14.4 Å². The number of amides is 3. The van der Waals surface area contributed by atoms with Gasteiger partial charge in [-0.15, -0.1) is 11.3 Å². The smallest absolute Gasteiger partial charge is 0.276 e. The number of hydrogen-bond acceptors (Lipinski definition) is 10. The summed E-state index contributed by atoms with van der Waals surface area (Å²) in [6, 6.07) is 2.12. The molecule has 5 heterocycles. The van der Waals surface area contributed by atoms with E-state index < -0.39 is 29.9 Å². The molecule has 43 heavy (non-hydrogen) atoms. The summed E-state index contributed by atoms with van der Waals surface area (Å²) in [5.41, 5.74) is 7.18. The summed E-state index contributed by atoms with van der Waals surface area (Å²) in [6.45, 7) is 0.459. The Morgan fingerprint density at radius 3 is 2.74 bits per heavy atom. The minimum Gasteiger partial charge on any atom is -0.543 e. The lowest BCUT2D eigenvalue weighted by molar-refractivity contribution is -0.670. The van der Waals surface area contributed by atoms with E-state index in [-0.39, 0.29) is 40.7 Å². The number of oxime groups is 1. The molecule has 3 fully saturated rings. The van der Waals surface area contributed by atoms with Crippen LogP contribution in [0, 0.1) is 0 Å². The van der Waals surface area contributed by atoms with E-state index in [1.165, 1.54) is 0 Å². The summed E-state index contributed by atoms with van der Waals surface area (Å²) >= 11 is 1.15. The number of allylic oxidation sites excluding steroid dienone is 2. The van der Waals surface area contributed by atoms with Crippen LogP contribution in [-0.2, 0) is 31.1 Å². The molecule has 0 aromatic carbocycles. The van der Waals surface area contributed by atoms with E-state index in [2.05, 4.69) is 15.5 Å². The van der Waals surface area contributed by atoms with E-state index in [0.717, 1.165) is 47.6 Å². The second-order valence-corrected chi connectivity index (χ2v) is 11.9. The topological polar surface area (TPSA) is 174 Å². The summed E-state index contributed by atoms with van der Waals surface area (Å²) in [5.74, 6) is -2.98. The number of nitrogens with one attached hydrogen (secondary N) is 1. The number of aromatic nitrogens is 2. The first-order chi connectivity index (χ1) is 20.7. The highest BCUT2D eigenvalue weighted by Crippen LogP contribution is 2.38. The fourth-order valence-corrected chi connectivity index (χ4v) is 6.64. The zero-order valence-electron chi connectivity index (χ0n) is 23.5. The van der Waals surface area contributed by atoms with Gasteiger partial charge in [0.15, 0.2) is 23.2 Å². The third-order valence-corrected chi connectivity index (χ3v) is 8.91. The lowest BCUT2D eigenvalue weighted by Gasteiger charge is -2.51. The van der Waals surface area contributed by atoms with Gasteiger partial charge in [0.2, 0.25) is 0 Å². The molecule has 3 N–H and O–H groups in total. The quantitative estimate of drug-likeness (QED) is 0.140. The van der Waals surface area contributed by atoms with Gasteiger partial charge >= 0.3 is 0 Å². The van der Waals surface area contributed by atoms with Crippen molar-refractivity contribution in [3.63, 3.8) is 0 Å². The fourth-order valence-electron chi connectivity index (χ4n) is 6.09. The van der Waals surface area contributed by atoms with Crippen LogP contribution in [0.2, 0.25) is 0 Å². The number of pyridine rings is 1. The van der Waals surface area contributed by atoms with Crippen molar-refractivity contribution < 1.29 is 33.7 Å². The third-order valence-electron chi connectivity index (χ3n) is 8.24. The van der Waals surface area contributed by atoms with Gasteiger partial charge in [0.25, 0.3) is 17.7 Å². The summed E-state index contributed by atoms with van der Waals surface area (Å²) < 4.78 is 1.84. The first-order valence-corrected chi connectivity index (χ1v) is 15.1. The molecule has 0 unspecified atom stereocenters. The number of nitrogen functional groups attached to an aromatic ring is 1. The van der Waals surface area contributed by atoms with Crippen molar-refractivity contribution in [2.45, 2.75) is 63.1 Å². The van der Waals surface area contributed by atoms with Crippen LogP contribution >= 0.6 is 11.3 Å². The summed E-state index contributed by atoms with van der Waals surface area (Å²) in [5, 5.41) is 20.9.